The third-order valence-corrected chi connectivity index (χ3v) is 9.78. The third kappa shape index (κ3) is 12.3. The largest absolute Gasteiger partial charge is 0.506 e. The first-order chi connectivity index (χ1) is 23.0. The first-order valence-corrected chi connectivity index (χ1v) is 18.2. The van der Waals surface area contributed by atoms with Gasteiger partial charge in [-0.2, -0.15) is 0 Å². The minimum absolute atomic E-state index is 0.0168. The van der Waals surface area contributed by atoms with E-state index < -0.39 is 0 Å². The highest BCUT2D eigenvalue weighted by molar-refractivity contribution is 6.32. The molecule has 266 valence electrons. The average molecular weight is 684 g/mol. The number of likely N-dealkylation sites (tertiary alicyclic amines) is 1. The van der Waals surface area contributed by atoms with Crippen LogP contribution < -0.4 is 5.32 Å². The number of benzene rings is 2. The Morgan fingerprint density at radius 3 is 2.31 bits per heavy atom. The second-order valence-electron chi connectivity index (χ2n) is 13.3. The van der Waals surface area contributed by atoms with Crippen molar-refractivity contribution in [2.45, 2.75) is 98.4 Å². The molecule has 0 unspecified atom stereocenters. The Hall–Kier alpha value is -3.23. The van der Waals surface area contributed by atoms with E-state index >= 15 is 0 Å². The molecule has 3 heterocycles. The van der Waals surface area contributed by atoms with Crippen molar-refractivity contribution < 1.29 is 24.2 Å². The zero-order valence-electron chi connectivity index (χ0n) is 29.9. The van der Waals surface area contributed by atoms with Crippen LogP contribution >= 0.6 is 11.6 Å². The Bertz CT molecular complexity index is 1290. The van der Waals surface area contributed by atoms with E-state index in [2.05, 4.69) is 31.8 Å². The second-order valence-corrected chi connectivity index (χ2v) is 13.7. The number of phenolic OH excluding ortho intramolecular Hbond substituents is 1. The van der Waals surface area contributed by atoms with Gasteiger partial charge in [-0.05, 0) is 100 Å². The summed E-state index contributed by atoms with van der Waals surface area (Å²) in [6.07, 6.45) is 10.8. The SMILES string of the molecule is C=C(OCC(C)=O)N1CCC(N2CCc3ccccc3NC2=O)CC1.CCCC(CCC)C1CCOCC1.Cc1cc(C)c(O)c(Cl)c1. The molecule has 8 nitrogen and oxygen atoms in total. The van der Waals surface area contributed by atoms with Crippen LogP contribution in [0.3, 0.4) is 0 Å². The monoisotopic (exact) mass is 683 g/mol. The van der Waals surface area contributed by atoms with E-state index in [0.29, 0.717) is 10.9 Å². The number of halogens is 1. The fourth-order valence-electron chi connectivity index (χ4n) is 6.89. The van der Waals surface area contributed by atoms with Crippen molar-refractivity contribution in [2.24, 2.45) is 11.8 Å². The Morgan fingerprint density at radius 2 is 1.71 bits per heavy atom. The second kappa shape index (κ2) is 20.3. The molecule has 3 aliphatic heterocycles. The van der Waals surface area contributed by atoms with Crippen molar-refractivity contribution in [3.63, 3.8) is 0 Å². The Balaban J connectivity index is 0.000000226. The summed E-state index contributed by atoms with van der Waals surface area (Å²) in [5.74, 6) is 2.66. The topological polar surface area (TPSA) is 91.3 Å². The molecule has 0 bridgehead atoms. The number of aryl methyl sites for hydroxylation is 2. The molecule has 2 saturated heterocycles. The maximum Gasteiger partial charge on any atom is 0.322 e. The quantitative estimate of drug-likeness (QED) is 0.243. The lowest BCUT2D eigenvalue weighted by atomic mass is 9.80. The lowest BCUT2D eigenvalue weighted by Crippen LogP contribution is -2.48. The molecule has 5 rings (SSSR count). The number of ether oxygens (including phenoxy) is 2. The summed E-state index contributed by atoms with van der Waals surface area (Å²) in [6.45, 7) is 18.1. The number of phenols is 1. The van der Waals surface area contributed by atoms with E-state index in [4.69, 9.17) is 21.1 Å². The van der Waals surface area contributed by atoms with Gasteiger partial charge in [0.2, 0.25) is 0 Å². The molecule has 2 aromatic rings. The molecule has 0 aromatic heterocycles. The number of amides is 2. The van der Waals surface area contributed by atoms with E-state index in [1.807, 2.05) is 47.9 Å². The summed E-state index contributed by atoms with van der Waals surface area (Å²) in [7, 11) is 0. The standard InChI is InChI=1S/C19H25N3O3.C12H24O.C8H9ClO/c1-14(23)13-25-15(2)21-10-8-17(9-11-21)22-12-7-16-5-3-4-6-18(16)20-19(22)24;1-3-5-11(6-4-2)12-7-9-13-10-8-12;1-5-3-6(2)8(10)7(9)4-5/h3-6,17H,2,7-13H2,1H3,(H,20,24);11-12H,3-10H2,1-2H3;3-4,10H,1-2H3. The molecule has 2 aromatic carbocycles. The van der Waals surface area contributed by atoms with Crippen LogP contribution in [0.4, 0.5) is 10.5 Å². The number of nitrogens with zero attached hydrogens (tertiary/aromatic N) is 2. The fourth-order valence-corrected chi connectivity index (χ4v) is 7.22. The maximum atomic E-state index is 12.6. The third-order valence-electron chi connectivity index (χ3n) is 9.49. The number of anilines is 1. The van der Waals surface area contributed by atoms with Crippen LogP contribution in [0.25, 0.3) is 0 Å². The van der Waals surface area contributed by atoms with Crippen LogP contribution in [0.2, 0.25) is 5.02 Å². The molecule has 0 saturated carbocycles. The van der Waals surface area contributed by atoms with Crippen molar-refractivity contribution in [2.75, 3.05) is 44.8 Å². The number of hydrogen-bond donors (Lipinski definition) is 2. The molecule has 0 aliphatic carbocycles. The van der Waals surface area contributed by atoms with Crippen LogP contribution in [0.15, 0.2) is 48.9 Å². The van der Waals surface area contributed by atoms with Gasteiger partial charge in [0.15, 0.2) is 11.7 Å². The molecule has 48 heavy (non-hydrogen) atoms. The number of piperidine rings is 1. The van der Waals surface area contributed by atoms with Crippen molar-refractivity contribution >= 4 is 29.1 Å². The van der Waals surface area contributed by atoms with Gasteiger partial charge < -0.3 is 29.7 Å². The number of nitrogens with one attached hydrogen (secondary N) is 1. The Morgan fingerprint density at radius 1 is 1.06 bits per heavy atom. The summed E-state index contributed by atoms with van der Waals surface area (Å²) in [5.41, 5.74) is 3.99. The van der Waals surface area contributed by atoms with Crippen molar-refractivity contribution in [1.29, 1.82) is 0 Å². The zero-order valence-corrected chi connectivity index (χ0v) is 30.6. The normalized spacial score (nSPS) is 16.9. The van der Waals surface area contributed by atoms with E-state index in [0.717, 1.165) is 80.8 Å². The number of aromatic hydroxyl groups is 1. The predicted octanol–water partition coefficient (Wildman–Crippen LogP) is 8.91. The number of ketones is 1. The number of urea groups is 1. The summed E-state index contributed by atoms with van der Waals surface area (Å²) in [4.78, 5) is 27.6. The molecule has 0 atom stereocenters. The van der Waals surface area contributed by atoms with Crippen LogP contribution in [-0.2, 0) is 20.7 Å². The molecular formula is C39H58ClN3O5. The van der Waals surface area contributed by atoms with Gasteiger partial charge in [-0.25, -0.2) is 4.79 Å². The number of carbonyl (C=O) groups excluding carboxylic acids is 2. The summed E-state index contributed by atoms with van der Waals surface area (Å²) < 4.78 is 10.8. The van der Waals surface area contributed by atoms with Gasteiger partial charge in [0.25, 0.3) is 0 Å². The predicted molar refractivity (Wildman–Crippen MR) is 196 cm³/mol. The van der Waals surface area contributed by atoms with Gasteiger partial charge in [-0.1, -0.05) is 75.4 Å². The highest BCUT2D eigenvalue weighted by atomic mass is 35.5. The van der Waals surface area contributed by atoms with E-state index in [1.54, 1.807) is 6.07 Å². The number of rotatable bonds is 10. The first kappa shape index (κ1) is 39.2. The minimum atomic E-state index is -0.0185. The van der Waals surface area contributed by atoms with Crippen LogP contribution in [0.5, 0.6) is 5.75 Å². The van der Waals surface area contributed by atoms with E-state index in [9.17, 15) is 14.7 Å². The molecule has 0 radical (unpaired) electrons. The van der Waals surface area contributed by atoms with Crippen molar-refractivity contribution in [3.8, 4) is 5.75 Å². The average Bonchev–Trinajstić information content (AvgIpc) is 3.25. The Labute approximate surface area is 293 Å². The number of para-hydroxylation sites is 1. The molecule has 3 aliphatic rings. The van der Waals surface area contributed by atoms with Gasteiger partial charge in [-0.3, -0.25) is 4.79 Å². The van der Waals surface area contributed by atoms with Crippen LogP contribution in [-0.4, -0.2) is 72.2 Å². The number of Topliss-reactive ketones (excluding diaryl/α,β-unsaturated/α-hetero) is 1. The lowest BCUT2D eigenvalue weighted by Gasteiger charge is -2.39. The van der Waals surface area contributed by atoms with Crippen molar-refractivity contribution in [3.05, 3.63) is 70.6 Å². The maximum absolute atomic E-state index is 12.6. The summed E-state index contributed by atoms with van der Waals surface area (Å²) in [6, 6.07) is 11.8. The number of fused-ring (bicyclic) bond motifs is 1. The van der Waals surface area contributed by atoms with Gasteiger partial charge in [0.05, 0.1) is 5.02 Å². The molecule has 2 N–H and O–H groups in total. The van der Waals surface area contributed by atoms with Gasteiger partial charge in [-0.15, -0.1) is 0 Å². The van der Waals surface area contributed by atoms with Crippen LogP contribution in [0, 0.1) is 25.7 Å². The number of hydrogen-bond acceptors (Lipinski definition) is 6. The molecule has 2 fully saturated rings. The molecular weight excluding hydrogens is 626 g/mol. The fraction of sp³-hybridized carbons (Fsp3) is 0.590. The van der Waals surface area contributed by atoms with Crippen LogP contribution in [0.1, 0.15) is 88.8 Å². The number of carbonyl (C=O) groups is 2. The molecule has 0 spiro atoms. The smallest absolute Gasteiger partial charge is 0.322 e. The van der Waals surface area contributed by atoms with E-state index in [1.165, 1.54) is 51.0 Å². The van der Waals surface area contributed by atoms with Gasteiger partial charge >= 0.3 is 6.03 Å². The summed E-state index contributed by atoms with van der Waals surface area (Å²) >= 11 is 5.67. The molecule has 9 heteroatoms. The highest BCUT2D eigenvalue weighted by Gasteiger charge is 2.30. The first-order valence-electron chi connectivity index (χ1n) is 17.8. The zero-order chi connectivity index (χ0) is 35.1. The van der Waals surface area contributed by atoms with Gasteiger partial charge in [0, 0.05) is 44.6 Å². The minimum Gasteiger partial charge on any atom is -0.506 e. The summed E-state index contributed by atoms with van der Waals surface area (Å²) in [5, 5.41) is 12.7. The van der Waals surface area contributed by atoms with E-state index in [-0.39, 0.29) is 30.2 Å². The van der Waals surface area contributed by atoms with Gasteiger partial charge in [0.1, 0.15) is 12.4 Å². The Kier molecular flexibility index (Phi) is 16.6. The van der Waals surface area contributed by atoms with Crippen molar-refractivity contribution in [1.82, 2.24) is 9.80 Å². The lowest BCUT2D eigenvalue weighted by molar-refractivity contribution is -0.121. The highest BCUT2D eigenvalue weighted by Crippen LogP contribution is 2.31. The molecule has 2 amide bonds.